The summed E-state index contributed by atoms with van der Waals surface area (Å²) in [5, 5.41) is 17.3. The van der Waals surface area contributed by atoms with Gasteiger partial charge in [0, 0.05) is 6.42 Å². The number of nitrogens with zero attached hydrogens (tertiary/aromatic N) is 1. The summed E-state index contributed by atoms with van der Waals surface area (Å²) in [6, 6.07) is 4.32. The number of fused-ring (bicyclic) bond motifs is 1. The minimum atomic E-state index is -1.04. The number of hydrogen-bond acceptors (Lipinski definition) is 4. The molecule has 2 rings (SSSR count). The fourth-order valence-corrected chi connectivity index (χ4v) is 1.43. The number of aliphatic carboxylic acids is 1. The van der Waals surface area contributed by atoms with E-state index in [2.05, 4.69) is 4.98 Å². The van der Waals surface area contributed by atoms with Crippen molar-refractivity contribution in [2.45, 2.75) is 12.8 Å². The van der Waals surface area contributed by atoms with E-state index in [0.29, 0.717) is 17.0 Å². The van der Waals surface area contributed by atoms with Gasteiger partial charge in [-0.25, -0.2) is 9.78 Å². The number of carboxylic acid groups (broad SMARTS) is 2. The molecule has 0 atom stereocenters. The molecule has 1 heterocycles. The molecule has 1 aromatic carbocycles. The Hall–Kier alpha value is -2.37. The van der Waals surface area contributed by atoms with Gasteiger partial charge in [-0.05, 0) is 18.2 Å². The van der Waals surface area contributed by atoms with Crippen LogP contribution >= 0.6 is 0 Å². The summed E-state index contributed by atoms with van der Waals surface area (Å²) in [7, 11) is 0. The Morgan fingerprint density at radius 2 is 2.06 bits per heavy atom. The zero-order chi connectivity index (χ0) is 12.4. The van der Waals surface area contributed by atoms with E-state index in [9.17, 15) is 9.59 Å². The van der Waals surface area contributed by atoms with E-state index in [1.165, 1.54) is 18.2 Å². The van der Waals surface area contributed by atoms with Gasteiger partial charge >= 0.3 is 11.9 Å². The molecule has 17 heavy (non-hydrogen) atoms. The monoisotopic (exact) mass is 235 g/mol. The van der Waals surface area contributed by atoms with Crippen LogP contribution in [-0.4, -0.2) is 27.1 Å². The van der Waals surface area contributed by atoms with E-state index in [4.69, 9.17) is 14.6 Å². The molecule has 0 aliphatic rings. The third kappa shape index (κ3) is 2.41. The number of oxazole rings is 1. The lowest BCUT2D eigenvalue weighted by Gasteiger charge is -1.91. The lowest BCUT2D eigenvalue weighted by atomic mass is 10.2. The van der Waals surface area contributed by atoms with Gasteiger partial charge in [-0.3, -0.25) is 4.79 Å². The molecule has 0 spiro atoms. The summed E-state index contributed by atoms with van der Waals surface area (Å²) in [5.74, 6) is -1.68. The van der Waals surface area contributed by atoms with E-state index in [1.54, 1.807) is 0 Å². The van der Waals surface area contributed by atoms with Crippen molar-refractivity contribution in [1.29, 1.82) is 0 Å². The van der Waals surface area contributed by atoms with Crippen molar-refractivity contribution in [3.05, 3.63) is 29.7 Å². The molecule has 0 fully saturated rings. The van der Waals surface area contributed by atoms with E-state index in [-0.39, 0.29) is 18.4 Å². The minimum absolute atomic E-state index is 0.0708. The van der Waals surface area contributed by atoms with Crippen molar-refractivity contribution >= 4 is 23.0 Å². The van der Waals surface area contributed by atoms with Gasteiger partial charge in [0.15, 0.2) is 11.5 Å². The van der Waals surface area contributed by atoms with Crippen LogP contribution in [0.15, 0.2) is 22.6 Å². The minimum Gasteiger partial charge on any atom is -0.481 e. The summed E-state index contributed by atoms with van der Waals surface area (Å²) in [6.07, 6.45) is 0.116. The van der Waals surface area contributed by atoms with Crippen molar-refractivity contribution in [3.8, 4) is 0 Å². The number of hydrogen-bond donors (Lipinski definition) is 2. The van der Waals surface area contributed by atoms with Crippen LogP contribution in [0.3, 0.4) is 0 Å². The maximum Gasteiger partial charge on any atom is 0.335 e. The van der Waals surface area contributed by atoms with Crippen molar-refractivity contribution in [3.63, 3.8) is 0 Å². The topological polar surface area (TPSA) is 101 Å². The third-order valence-electron chi connectivity index (χ3n) is 2.23. The van der Waals surface area contributed by atoms with Gasteiger partial charge in [0.25, 0.3) is 0 Å². The average Bonchev–Trinajstić information content (AvgIpc) is 2.67. The fraction of sp³-hybridized carbons (Fsp3) is 0.182. The number of aromatic carboxylic acids is 1. The summed E-state index contributed by atoms with van der Waals surface area (Å²) < 4.78 is 5.29. The molecule has 2 N–H and O–H groups in total. The van der Waals surface area contributed by atoms with Gasteiger partial charge in [0.1, 0.15) is 5.52 Å². The second-order valence-electron chi connectivity index (χ2n) is 3.49. The molecular weight excluding hydrogens is 226 g/mol. The molecule has 0 unspecified atom stereocenters. The van der Waals surface area contributed by atoms with Crippen LogP contribution in [0.5, 0.6) is 0 Å². The Kier molecular flexibility index (Phi) is 2.78. The molecule has 0 saturated carbocycles. The molecular formula is C11H9NO5. The molecule has 0 radical (unpaired) electrons. The first kappa shape index (κ1) is 11.1. The summed E-state index contributed by atoms with van der Waals surface area (Å²) in [5.41, 5.74) is 0.997. The standard InChI is InChI=1S/C11H9NO5/c13-10(14)4-3-9-12-7-5-6(11(15)16)1-2-8(7)17-9/h1-2,5H,3-4H2,(H,13,14)(H,15,16). The van der Waals surface area contributed by atoms with Crippen LogP contribution in [0, 0.1) is 0 Å². The van der Waals surface area contributed by atoms with Crippen LogP contribution in [0.25, 0.3) is 11.1 Å². The van der Waals surface area contributed by atoms with Crippen LogP contribution in [-0.2, 0) is 11.2 Å². The van der Waals surface area contributed by atoms with E-state index >= 15 is 0 Å². The normalized spacial score (nSPS) is 10.6. The Labute approximate surface area is 95.5 Å². The molecule has 88 valence electrons. The Morgan fingerprint density at radius 3 is 2.71 bits per heavy atom. The first-order chi connectivity index (χ1) is 8.06. The van der Waals surface area contributed by atoms with Crippen molar-refractivity contribution in [1.82, 2.24) is 4.98 Å². The molecule has 0 aliphatic carbocycles. The second-order valence-corrected chi connectivity index (χ2v) is 3.49. The number of aryl methyl sites for hydroxylation is 1. The predicted molar refractivity (Wildman–Crippen MR) is 56.9 cm³/mol. The molecule has 1 aromatic heterocycles. The van der Waals surface area contributed by atoms with Crippen LogP contribution < -0.4 is 0 Å². The third-order valence-corrected chi connectivity index (χ3v) is 2.23. The van der Waals surface area contributed by atoms with Crippen molar-refractivity contribution in [2.24, 2.45) is 0 Å². The lowest BCUT2D eigenvalue weighted by Crippen LogP contribution is -1.97. The van der Waals surface area contributed by atoms with E-state index in [0.717, 1.165) is 0 Å². The molecule has 0 aliphatic heterocycles. The van der Waals surface area contributed by atoms with Crippen LogP contribution in [0.4, 0.5) is 0 Å². The SMILES string of the molecule is O=C(O)CCc1nc2cc(C(=O)O)ccc2o1. The Bertz CT molecular complexity index is 587. The van der Waals surface area contributed by atoms with Crippen molar-refractivity contribution in [2.75, 3.05) is 0 Å². The summed E-state index contributed by atoms with van der Waals surface area (Å²) >= 11 is 0. The highest BCUT2D eigenvalue weighted by molar-refractivity contribution is 5.91. The number of carbonyl (C=O) groups is 2. The Balaban J connectivity index is 2.30. The quantitative estimate of drug-likeness (QED) is 0.833. The first-order valence-corrected chi connectivity index (χ1v) is 4.91. The number of rotatable bonds is 4. The van der Waals surface area contributed by atoms with E-state index < -0.39 is 11.9 Å². The molecule has 6 heteroatoms. The lowest BCUT2D eigenvalue weighted by molar-refractivity contribution is -0.137. The van der Waals surface area contributed by atoms with Crippen LogP contribution in [0.1, 0.15) is 22.7 Å². The molecule has 0 amide bonds. The molecule has 0 bridgehead atoms. The highest BCUT2D eigenvalue weighted by Gasteiger charge is 2.10. The second kappa shape index (κ2) is 4.25. The zero-order valence-electron chi connectivity index (χ0n) is 8.71. The maximum absolute atomic E-state index is 10.7. The summed E-state index contributed by atoms with van der Waals surface area (Å²) in [6.45, 7) is 0. The molecule has 0 saturated heterocycles. The van der Waals surface area contributed by atoms with Gasteiger partial charge < -0.3 is 14.6 Å². The predicted octanol–water partition coefficient (Wildman–Crippen LogP) is 1.54. The molecule has 6 nitrogen and oxygen atoms in total. The highest BCUT2D eigenvalue weighted by atomic mass is 16.4. The smallest absolute Gasteiger partial charge is 0.335 e. The first-order valence-electron chi connectivity index (χ1n) is 4.91. The van der Waals surface area contributed by atoms with Gasteiger partial charge in [-0.2, -0.15) is 0 Å². The Morgan fingerprint density at radius 1 is 1.29 bits per heavy atom. The maximum atomic E-state index is 10.7. The van der Waals surface area contributed by atoms with Crippen molar-refractivity contribution < 1.29 is 24.2 Å². The van der Waals surface area contributed by atoms with Gasteiger partial charge in [0.05, 0.1) is 12.0 Å². The number of aromatic nitrogens is 1. The zero-order valence-corrected chi connectivity index (χ0v) is 8.71. The van der Waals surface area contributed by atoms with Crippen LogP contribution in [0.2, 0.25) is 0 Å². The highest BCUT2D eigenvalue weighted by Crippen LogP contribution is 2.18. The fourth-order valence-electron chi connectivity index (χ4n) is 1.43. The van der Waals surface area contributed by atoms with Gasteiger partial charge in [0.2, 0.25) is 0 Å². The van der Waals surface area contributed by atoms with Gasteiger partial charge in [-0.15, -0.1) is 0 Å². The van der Waals surface area contributed by atoms with Gasteiger partial charge in [-0.1, -0.05) is 0 Å². The molecule has 2 aromatic rings. The summed E-state index contributed by atoms with van der Waals surface area (Å²) in [4.78, 5) is 25.1. The largest absolute Gasteiger partial charge is 0.481 e. The number of benzene rings is 1. The number of carboxylic acids is 2. The average molecular weight is 235 g/mol. The van der Waals surface area contributed by atoms with E-state index in [1.807, 2.05) is 0 Å².